The molecule has 0 aromatic heterocycles. The second-order valence-electron chi connectivity index (χ2n) is 6.22. The van der Waals surface area contributed by atoms with Gasteiger partial charge in [0.15, 0.2) is 5.78 Å². The van der Waals surface area contributed by atoms with E-state index >= 15 is 0 Å². The number of Topliss-reactive ketones (excluding diaryl/α,β-unsaturated/α-hetero) is 1. The molecule has 0 unspecified atom stereocenters. The van der Waals surface area contributed by atoms with E-state index in [9.17, 15) is 14.4 Å². The van der Waals surface area contributed by atoms with Crippen molar-refractivity contribution in [3.63, 3.8) is 0 Å². The van der Waals surface area contributed by atoms with Gasteiger partial charge in [-0.05, 0) is 46.2 Å². The maximum atomic E-state index is 11.8. The van der Waals surface area contributed by atoms with Crippen LogP contribution in [0.15, 0.2) is 24.3 Å². The zero-order valence-electron chi connectivity index (χ0n) is 14.1. The molecule has 1 aromatic rings. The van der Waals surface area contributed by atoms with E-state index in [1.165, 1.54) is 6.92 Å². The van der Waals surface area contributed by atoms with Gasteiger partial charge in [-0.25, -0.2) is 4.79 Å². The summed E-state index contributed by atoms with van der Waals surface area (Å²) in [5, 5.41) is 5.33. The van der Waals surface area contributed by atoms with Gasteiger partial charge in [0.25, 0.3) is 0 Å². The van der Waals surface area contributed by atoms with Crippen LogP contribution >= 0.6 is 0 Å². The van der Waals surface area contributed by atoms with Gasteiger partial charge >= 0.3 is 6.09 Å². The van der Waals surface area contributed by atoms with Gasteiger partial charge in [-0.3, -0.25) is 9.59 Å². The Morgan fingerprint density at radius 3 is 2.48 bits per heavy atom. The zero-order chi connectivity index (χ0) is 17.5. The minimum atomic E-state index is -0.539. The van der Waals surface area contributed by atoms with Crippen LogP contribution < -0.4 is 10.6 Å². The van der Waals surface area contributed by atoms with Crippen molar-refractivity contribution in [1.82, 2.24) is 5.32 Å². The van der Waals surface area contributed by atoms with Crippen molar-refractivity contribution in [3.05, 3.63) is 29.8 Å². The lowest BCUT2D eigenvalue weighted by atomic mass is 10.1. The molecule has 6 heteroatoms. The Hall–Kier alpha value is -2.37. The van der Waals surface area contributed by atoms with Gasteiger partial charge in [-0.2, -0.15) is 0 Å². The molecule has 0 saturated heterocycles. The molecule has 2 N–H and O–H groups in total. The highest BCUT2D eigenvalue weighted by molar-refractivity contribution is 5.97. The number of alkyl carbamates (subject to hydrolysis) is 1. The average Bonchev–Trinajstić information content (AvgIpc) is 2.42. The molecule has 1 aromatic carbocycles. The molecule has 0 heterocycles. The van der Waals surface area contributed by atoms with Crippen LogP contribution in [0.25, 0.3) is 0 Å². The molecule has 23 heavy (non-hydrogen) atoms. The number of ether oxygens (including phenoxy) is 1. The standard InChI is InChI=1S/C17H24N2O4/c1-12(20)13-7-5-8-14(11-13)19-15(21)9-6-10-18-16(22)23-17(2,3)4/h5,7-8,11H,6,9-10H2,1-4H3,(H,18,22)(H,19,21). The molecule has 0 saturated carbocycles. The minimum Gasteiger partial charge on any atom is -0.444 e. The van der Waals surface area contributed by atoms with Crippen LogP contribution in [0.2, 0.25) is 0 Å². The molecule has 0 aliphatic heterocycles. The van der Waals surface area contributed by atoms with Gasteiger partial charge in [0.2, 0.25) is 5.91 Å². The molecule has 0 spiro atoms. The molecule has 0 bridgehead atoms. The molecule has 0 aliphatic carbocycles. The number of amides is 2. The topological polar surface area (TPSA) is 84.5 Å². The van der Waals surface area contributed by atoms with E-state index in [2.05, 4.69) is 10.6 Å². The van der Waals surface area contributed by atoms with Crippen LogP contribution in [0.4, 0.5) is 10.5 Å². The third-order valence-electron chi connectivity index (χ3n) is 2.80. The summed E-state index contributed by atoms with van der Waals surface area (Å²) in [5.41, 5.74) is 0.598. The average molecular weight is 320 g/mol. The molecule has 0 aliphatic rings. The third kappa shape index (κ3) is 7.99. The molecule has 1 rings (SSSR count). The van der Waals surface area contributed by atoms with Crippen molar-refractivity contribution in [1.29, 1.82) is 0 Å². The Bertz CT molecular complexity index is 576. The second-order valence-corrected chi connectivity index (χ2v) is 6.22. The molecular formula is C17H24N2O4. The van der Waals surface area contributed by atoms with Crippen molar-refractivity contribution in [2.45, 2.75) is 46.1 Å². The van der Waals surface area contributed by atoms with Crippen molar-refractivity contribution >= 4 is 23.5 Å². The lowest BCUT2D eigenvalue weighted by Gasteiger charge is -2.19. The summed E-state index contributed by atoms with van der Waals surface area (Å²) in [6.45, 7) is 7.19. The second kappa shape index (κ2) is 8.31. The Labute approximate surface area is 136 Å². The first-order valence-electron chi connectivity index (χ1n) is 7.55. The first-order chi connectivity index (χ1) is 10.7. The highest BCUT2D eigenvalue weighted by Crippen LogP contribution is 2.12. The van der Waals surface area contributed by atoms with Gasteiger partial charge in [-0.15, -0.1) is 0 Å². The number of ketones is 1. The Morgan fingerprint density at radius 2 is 1.87 bits per heavy atom. The lowest BCUT2D eigenvalue weighted by Crippen LogP contribution is -2.33. The van der Waals surface area contributed by atoms with E-state index in [1.54, 1.807) is 45.0 Å². The first-order valence-corrected chi connectivity index (χ1v) is 7.55. The fourth-order valence-electron chi connectivity index (χ4n) is 1.79. The Morgan fingerprint density at radius 1 is 1.17 bits per heavy atom. The number of benzene rings is 1. The van der Waals surface area contributed by atoms with E-state index in [0.29, 0.717) is 24.2 Å². The van der Waals surface area contributed by atoms with Crippen molar-refractivity contribution in [3.8, 4) is 0 Å². The Balaban J connectivity index is 2.31. The van der Waals surface area contributed by atoms with Crippen LogP contribution in [0.1, 0.15) is 50.9 Å². The quantitative estimate of drug-likeness (QED) is 0.623. The van der Waals surface area contributed by atoms with Crippen molar-refractivity contribution in [2.75, 3.05) is 11.9 Å². The number of hydrogen-bond acceptors (Lipinski definition) is 4. The van der Waals surface area contributed by atoms with Crippen LogP contribution in [-0.2, 0) is 9.53 Å². The number of carbonyl (C=O) groups excluding carboxylic acids is 3. The van der Waals surface area contributed by atoms with Gasteiger partial charge in [0.05, 0.1) is 0 Å². The zero-order valence-corrected chi connectivity index (χ0v) is 14.1. The predicted octanol–water partition coefficient (Wildman–Crippen LogP) is 3.13. The lowest BCUT2D eigenvalue weighted by molar-refractivity contribution is -0.116. The number of anilines is 1. The van der Waals surface area contributed by atoms with E-state index in [0.717, 1.165) is 0 Å². The van der Waals surface area contributed by atoms with E-state index in [4.69, 9.17) is 4.74 Å². The highest BCUT2D eigenvalue weighted by Gasteiger charge is 2.15. The molecule has 2 amide bonds. The monoisotopic (exact) mass is 320 g/mol. The maximum absolute atomic E-state index is 11.8. The summed E-state index contributed by atoms with van der Waals surface area (Å²) < 4.78 is 5.09. The number of carbonyl (C=O) groups is 3. The summed E-state index contributed by atoms with van der Waals surface area (Å²) >= 11 is 0. The van der Waals surface area contributed by atoms with Crippen molar-refractivity contribution < 1.29 is 19.1 Å². The third-order valence-corrected chi connectivity index (χ3v) is 2.80. The van der Waals surface area contributed by atoms with Crippen LogP contribution in [0.3, 0.4) is 0 Å². The maximum Gasteiger partial charge on any atom is 0.407 e. The van der Waals surface area contributed by atoms with Crippen LogP contribution in [-0.4, -0.2) is 29.9 Å². The normalized spacial score (nSPS) is 10.8. The van der Waals surface area contributed by atoms with Crippen LogP contribution in [0.5, 0.6) is 0 Å². The highest BCUT2D eigenvalue weighted by atomic mass is 16.6. The molecule has 126 valence electrons. The van der Waals surface area contributed by atoms with Gasteiger partial charge < -0.3 is 15.4 Å². The molecular weight excluding hydrogens is 296 g/mol. The van der Waals surface area contributed by atoms with Gasteiger partial charge in [0.1, 0.15) is 5.60 Å². The number of nitrogens with one attached hydrogen (secondary N) is 2. The van der Waals surface area contributed by atoms with E-state index in [1.807, 2.05) is 0 Å². The molecule has 0 atom stereocenters. The molecule has 0 fully saturated rings. The summed E-state index contributed by atoms with van der Waals surface area (Å²) in [6, 6.07) is 6.78. The largest absolute Gasteiger partial charge is 0.444 e. The minimum absolute atomic E-state index is 0.0531. The number of hydrogen-bond donors (Lipinski definition) is 2. The first kappa shape index (κ1) is 18.7. The SMILES string of the molecule is CC(=O)c1cccc(NC(=O)CCCNC(=O)OC(C)(C)C)c1. The van der Waals surface area contributed by atoms with E-state index in [-0.39, 0.29) is 18.1 Å². The summed E-state index contributed by atoms with van der Waals surface area (Å²) in [6.07, 6.45) is 0.268. The fourth-order valence-corrected chi connectivity index (χ4v) is 1.79. The Kier molecular flexibility index (Phi) is 6.75. The summed E-state index contributed by atoms with van der Waals surface area (Å²) in [7, 11) is 0. The van der Waals surface area contributed by atoms with E-state index < -0.39 is 11.7 Å². The van der Waals surface area contributed by atoms with Gasteiger partial charge in [0, 0.05) is 24.2 Å². The fraction of sp³-hybridized carbons (Fsp3) is 0.471. The number of rotatable bonds is 6. The smallest absolute Gasteiger partial charge is 0.407 e. The molecule has 0 radical (unpaired) electrons. The predicted molar refractivity (Wildman–Crippen MR) is 88.5 cm³/mol. The summed E-state index contributed by atoms with van der Waals surface area (Å²) in [4.78, 5) is 34.5. The van der Waals surface area contributed by atoms with Crippen molar-refractivity contribution in [2.24, 2.45) is 0 Å². The van der Waals surface area contributed by atoms with Crippen LogP contribution in [0, 0.1) is 0 Å². The van der Waals surface area contributed by atoms with Gasteiger partial charge in [-0.1, -0.05) is 12.1 Å². The summed E-state index contributed by atoms with van der Waals surface area (Å²) in [5.74, 6) is -0.223. The molecule has 6 nitrogen and oxygen atoms in total.